The zero-order chi connectivity index (χ0) is 22.3. The number of aromatic nitrogens is 2. The molecule has 0 aliphatic heterocycles. The Bertz CT molecular complexity index is 1310. The van der Waals surface area contributed by atoms with Crippen LogP contribution < -0.4 is 21.7 Å². The normalized spacial score (nSPS) is 10.5. The number of hydrazine groups is 1. The maximum absolute atomic E-state index is 12.9. The highest BCUT2D eigenvalue weighted by atomic mass is 32.2. The summed E-state index contributed by atoms with van der Waals surface area (Å²) in [5.41, 5.74) is 6.74. The van der Waals surface area contributed by atoms with Crippen molar-refractivity contribution in [3.05, 3.63) is 95.3 Å². The molecule has 0 bridgehead atoms. The van der Waals surface area contributed by atoms with E-state index in [1.165, 1.54) is 16.4 Å². The van der Waals surface area contributed by atoms with Gasteiger partial charge < -0.3 is 5.32 Å². The van der Waals surface area contributed by atoms with Gasteiger partial charge in [-0.05, 0) is 30.3 Å². The van der Waals surface area contributed by atoms with Crippen molar-refractivity contribution in [1.29, 1.82) is 0 Å². The van der Waals surface area contributed by atoms with Gasteiger partial charge in [-0.3, -0.25) is 20.4 Å². The molecule has 3 aromatic carbocycles. The molecule has 1 amide bonds. The smallest absolute Gasteiger partial charge is 0.279 e. The standard InChI is InChI=1S/C23H19N5O2S2/c29-20(15-32-23(31)24-16-9-3-1-4-10-16)25-26-21-18-13-7-8-14-19(18)22(30)28(27-21)17-11-5-2-6-12-17/h1-14H,15H2,(H,24,31)(H,25,29)(H,26,27). The molecule has 0 radical (unpaired) electrons. The van der Waals surface area contributed by atoms with Crippen molar-refractivity contribution >= 4 is 56.5 Å². The van der Waals surface area contributed by atoms with Crippen LogP contribution in [0.2, 0.25) is 0 Å². The number of nitrogens with one attached hydrogen (secondary N) is 3. The minimum Gasteiger partial charge on any atom is -0.341 e. The Balaban J connectivity index is 1.46. The summed E-state index contributed by atoms with van der Waals surface area (Å²) >= 11 is 6.50. The first-order chi connectivity index (χ1) is 15.6. The monoisotopic (exact) mass is 461 g/mol. The van der Waals surface area contributed by atoms with Gasteiger partial charge in [-0.25, -0.2) is 0 Å². The third kappa shape index (κ3) is 5.13. The lowest BCUT2D eigenvalue weighted by Gasteiger charge is -2.13. The average Bonchev–Trinajstić information content (AvgIpc) is 2.83. The molecule has 0 aliphatic carbocycles. The van der Waals surface area contributed by atoms with Gasteiger partial charge in [-0.1, -0.05) is 78.6 Å². The molecule has 1 aromatic heterocycles. The zero-order valence-electron chi connectivity index (χ0n) is 16.8. The number of anilines is 2. The van der Waals surface area contributed by atoms with Crippen LogP contribution in [0.1, 0.15) is 0 Å². The summed E-state index contributed by atoms with van der Waals surface area (Å²) in [6, 6.07) is 25.7. The number of benzene rings is 3. The van der Waals surface area contributed by atoms with Gasteiger partial charge in [0, 0.05) is 11.1 Å². The number of thioether (sulfide) groups is 1. The van der Waals surface area contributed by atoms with Crippen molar-refractivity contribution in [2.24, 2.45) is 0 Å². The Morgan fingerprint density at radius 3 is 2.25 bits per heavy atom. The molecule has 0 unspecified atom stereocenters. The second-order valence-corrected chi connectivity index (χ2v) is 8.34. The highest BCUT2D eigenvalue weighted by Gasteiger charge is 2.12. The molecule has 1 heterocycles. The number of thiocarbonyl (C=S) groups is 1. The first kappa shape index (κ1) is 21.5. The van der Waals surface area contributed by atoms with Gasteiger partial charge in [0.1, 0.15) is 4.32 Å². The lowest BCUT2D eigenvalue weighted by Crippen LogP contribution is -2.33. The van der Waals surface area contributed by atoms with Gasteiger partial charge in [0.15, 0.2) is 5.82 Å². The van der Waals surface area contributed by atoms with Crippen LogP contribution in [0.25, 0.3) is 16.5 Å². The van der Waals surface area contributed by atoms with Gasteiger partial charge in [0.25, 0.3) is 5.56 Å². The molecule has 160 valence electrons. The molecule has 3 N–H and O–H groups in total. The third-order valence-corrected chi connectivity index (χ3v) is 5.71. The van der Waals surface area contributed by atoms with E-state index in [0.717, 1.165) is 5.69 Å². The second kappa shape index (κ2) is 10.1. The third-order valence-electron chi connectivity index (χ3n) is 4.48. The fourth-order valence-electron chi connectivity index (χ4n) is 3.00. The van der Waals surface area contributed by atoms with Crippen molar-refractivity contribution in [3.63, 3.8) is 0 Å². The van der Waals surface area contributed by atoms with Crippen LogP contribution in [0.4, 0.5) is 11.5 Å². The number of carbonyl (C=O) groups is 1. The van der Waals surface area contributed by atoms with E-state index in [9.17, 15) is 9.59 Å². The Kier molecular flexibility index (Phi) is 6.78. The SMILES string of the molecule is O=C(CSC(=S)Nc1ccccc1)NNc1nn(-c2ccccc2)c(=O)c2ccccc12. The van der Waals surface area contributed by atoms with Crippen molar-refractivity contribution in [1.82, 2.24) is 15.2 Å². The number of amides is 1. The minimum atomic E-state index is -0.282. The van der Waals surface area contributed by atoms with Crippen LogP contribution in [0.15, 0.2) is 89.7 Å². The molecule has 0 fully saturated rings. The molecule has 0 atom stereocenters. The lowest BCUT2D eigenvalue weighted by atomic mass is 10.2. The summed E-state index contributed by atoms with van der Waals surface area (Å²) in [4.78, 5) is 25.3. The van der Waals surface area contributed by atoms with Crippen LogP contribution in [0, 0.1) is 0 Å². The summed E-state index contributed by atoms with van der Waals surface area (Å²) in [6.07, 6.45) is 0. The van der Waals surface area contributed by atoms with E-state index in [1.54, 1.807) is 30.3 Å². The molecule has 9 heteroatoms. The van der Waals surface area contributed by atoms with Gasteiger partial charge in [0.05, 0.1) is 16.8 Å². The van der Waals surface area contributed by atoms with E-state index in [1.807, 2.05) is 54.6 Å². The van der Waals surface area contributed by atoms with Crippen LogP contribution >= 0.6 is 24.0 Å². The lowest BCUT2D eigenvalue weighted by molar-refractivity contribution is -0.118. The number of rotatable bonds is 6. The predicted octanol–water partition coefficient (Wildman–Crippen LogP) is 3.96. The molecule has 4 rings (SSSR count). The summed E-state index contributed by atoms with van der Waals surface area (Å²) in [5, 5.41) is 8.60. The summed E-state index contributed by atoms with van der Waals surface area (Å²) in [7, 11) is 0. The Morgan fingerprint density at radius 1 is 0.906 bits per heavy atom. The molecule has 0 spiro atoms. The first-order valence-corrected chi connectivity index (χ1v) is 11.1. The van der Waals surface area contributed by atoms with Gasteiger partial charge in [0.2, 0.25) is 5.91 Å². The number of carbonyl (C=O) groups excluding carboxylic acids is 1. The highest BCUT2D eigenvalue weighted by molar-refractivity contribution is 8.23. The first-order valence-electron chi connectivity index (χ1n) is 9.73. The van der Waals surface area contributed by atoms with Crippen LogP contribution in [0.5, 0.6) is 0 Å². The minimum absolute atomic E-state index is 0.113. The zero-order valence-corrected chi connectivity index (χ0v) is 18.5. The Hall–Kier alpha value is -3.69. The average molecular weight is 462 g/mol. The van der Waals surface area contributed by atoms with E-state index in [0.29, 0.717) is 26.6 Å². The van der Waals surface area contributed by atoms with Crippen molar-refractivity contribution in [2.75, 3.05) is 16.5 Å². The molecule has 4 aromatic rings. The van der Waals surface area contributed by atoms with E-state index in [4.69, 9.17) is 12.2 Å². The number of fused-ring (bicyclic) bond motifs is 1. The summed E-state index contributed by atoms with van der Waals surface area (Å²) in [5.74, 6) is 0.199. The fraction of sp³-hybridized carbons (Fsp3) is 0.0435. The molecule has 0 saturated heterocycles. The van der Waals surface area contributed by atoms with Crippen LogP contribution in [0.3, 0.4) is 0 Å². The van der Waals surface area contributed by atoms with Crippen molar-refractivity contribution in [3.8, 4) is 5.69 Å². The number of hydrogen-bond donors (Lipinski definition) is 3. The molecule has 0 aliphatic rings. The molecule has 7 nitrogen and oxygen atoms in total. The second-order valence-electron chi connectivity index (χ2n) is 6.69. The number of hydrogen-bond acceptors (Lipinski definition) is 6. The van der Waals surface area contributed by atoms with Crippen molar-refractivity contribution in [2.45, 2.75) is 0 Å². The van der Waals surface area contributed by atoms with Gasteiger partial charge in [-0.15, -0.1) is 5.10 Å². The van der Waals surface area contributed by atoms with Crippen LogP contribution in [-0.4, -0.2) is 25.8 Å². The summed E-state index contributed by atoms with van der Waals surface area (Å²) < 4.78 is 1.80. The van der Waals surface area contributed by atoms with Gasteiger partial charge in [-0.2, -0.15) is 4.68 Å². The molecule has 0 saturated carbocycles. The van der Waals surface area contributed by atoms with E-state index in [-0.39, 0.29) is 17.2 Å². The molecule has 32 heavy (non-hydrogen) atoms. The van der Waals surface area contributed by atoms with Gasteiger partial charge >= 0.3 is 0 Å². The Morgan fingerprint density at radius 2 is 1.53 bits per heavy atom. The fourth-order valence-corrected chi connectivity index (χ4v) is 3.82. The maximum atomic E-state index is 12.9. The topological polar surface area (TPSA) is 88.1 Å². The Labute approximate surface area is 193 Å². The van der Waals surface area contributed by atoms with Crippen LogP contribution in [-0.2, 0) is 4.79 Å². The van der Waals surface area contributed by atoms with Crippen molar-refractivity contribution < 1.29 is 4.79 Å². The van der Waals surface area contributed by atoms with E-state index < -0.39 is 0 Å². The largest absolute Gasteiger partial charge is 0.341 e. The number of nitrogens with zero attached hydrogens (tertiary/aromatic N) is 2. The van der Waals surface area contributed by atoms with E-state index >= 15 is 0 Å². The highest BCUT2D eigenvalue weighted by Crippen LogP contribution is 2.18. The maximum Gasteiger partial charge on any atom is 0.279 e. The molecular weight excluding hydrogens is 442 g/mol. The summed E-state index contributed by atoms with van der Waals surface area (Å²) in [6.45, 7) is 0. The molecular formula is C23H19N5O2S2. The quantitative estimate of drug-likeness (QED) is 0.296. The predicted molar refractivity (Wildman–Crippen MR) is 134 cm³/mol. The number of para-hydroxylation sites is 2. The van der Waals surface area contributed by atoms with E-state index in [2.05, 4.69) is 21.3 Å².